The molecule has 0 spiro atoms. The highest BCUT2D eigenvalue weighted by Crippen LogP contribution is 2.29. The second kappa shape index (κ2) is 9.45. The molecule has 10 heteroatoms. The zero-order valence-electron chi connectivity index (χ0n) is 17.4. The van der Waals surface area contributed by atoms with Crippen molar-refractivity contribution in [2.24, 2.45) is 0 Å². The number of carbonyl (C=O) groups is 1. The first-order valence-corrected chi connectivity index (χ1v) is 12.4. The van der Waals surface area contributed by atoms with Crippen molar-refractivity contribution in [3.63, 3.8) is 0 Å². The van der Waals surface area contributed by atoms with Crippen molar-refractivity contribution in [1.82, 2.24) is 14.6 Å². The smallest absolute Gasteiger partial charge is 0.244 e. The number of thiazole rings is 1. The Kier molecular flexibility index (Phi) is 6.66. The van der Waals surface area contributed by atoms with E-state index in [9.17, 15) is 17.6 Å². The van der Waals surface area contributed by atoms with Gasteiger partial charge < -0.3 is 5.32 Å². The SMILES string of the molecule is C[C@H](NS(=O)(=O)c1ccccc1F)C(=O)Nc1nc2c(s1)CN(Cc1ccccc1)CC2. The Bertz CT molecular complexity index is 1210. The van der Waals surface area contributed by atoms with Crippen LogP contribution in [0.5, 0.6) is 0 Å². The lowest BCUT2D eigenvalue weighted by molar-refractivity contribution is -0.117. The van der Waals surface area contributed by atoms with Crippen molar-refractivity contribution in [3.05, 3.63) is 76.5 Å². The van der Waals surface area contributed by atoms with Gasteiger partial charge in [-0.25, -0.2) is 17.8 Å². The molecule has 2 heterocycles. The normalized spacial score (nSPS) is 15.2. The Hall–Kier alpha value is -2.66. The molecule has 4 rings (SSSR count). The molecule has 0 fully saturated rings. The standard InChI is InChI=1S/C22H23FN4O3S2/c1-15(26-32(29,30)20-10-6-5-9-17(20)23)21(28)25-22-24-18-11-12-27(14-19(18)31-22)13-16-7-3-2-4-8-16/h2-10,15,26H,11-14H2,1H3,(H,24,25,28)/t15-/m0/s1. The maximum atomic E-state index is 13.9. The fraction of sp³-hybridized carbons (Fsp3) is 0.273. The van der Waals surface area contributed by atoms with Gasteiger partial charge in [0.15, 0.2) is 5.13 Å². The van der Waals surface area contributed by atoms with Gasteiger partial charge in [-0.3, -0.25) is 9.69 Å². The van der Waals surface area contributed by atoms with E-state index in [0.29, 0.717) is 5.13 Å². The Morgan fingerprint density at radius 1 is 1.19 bits per heavy atom. The Labute approximate surface area is 190 Å². The van der Waals surface area contributed by atoms with Crippen LogP contribution in [0, 0.1) is 5.82 Å². The number of rotatable bonds is 7. The Morgan fingerprint density at radius 3 is 2.66 bits per heavy atom. The number of carbonyl (C=O) groups excluding carboxylic acids is 1. The van der Waals surface area contributed by atoms with Crippen molar-refractivity contribution in [1.29, 1.82) is 0 Å². The molecule has 0 aliphatic carbocycles. The van der Waals surface area contributed by atoms with Crippen LogP contribution < -0.4 is 10.0 Å². The largest absolute Gasteiger partial charge is 0.301 e. The van der Waals surface area contributed by atoms with Crippen LogP contribution in [0.15, 0.2) is 59.5 Å². The predicted octanol–water partition coefficient (Wildman–Crippen LogP) is 3.15. The van der Waals surface area contributed by atoms with Crippen LogP contribution in [0.4, 0.5) is 9.52 Å². The quantitative estimate of drug-likeness (QED) is 0.549. The highest BCUT2D eigenvalue weighted by atomic mass is 32.2. The third kappa shape index (κ3) is 5.21. The number of fused-ring (bicyclic) bond motifs is 1. The molecular formula is C22H23FN4O3S2. The number of anilines is 1. The summed E-state index contributed by atoms with van der Waals surface area (Å²) in [7, 11) is -4.18. The van der Waals surface area contributed by atoms with E-state index >= 15 is 0 Å². The second-order valence-electron chi connectivity index (χ2n) is 7.60. The zero-order valence-corrected chi connectivity index (χ0v) is 19.0. The van der Waals surface area contributed by atoms with Gasteiger partial charge in [-0.05, 0) is 24.6 Å². The molecular weight excluding hydrogens is 451 g/mol. The van der Waals surface area contributed by atoms with E-state index < -0.39 is 32.7 Å². The van der Waals surface area contributed by atoms with Crippen LogP contribution in [0.25, 0.3) is 0 Å². The summed E-state index contributed by atoms with van der Waals surface area (Å²) < 4.78 is 40.9. The van der Waals surface area contributed by atoms with Crippen molar-refractivity contribution in [2.75, 3.05) is 11.9 Å². The fourth-order valence-corrected chi connectivity index (χ4v) is 5.84. The van der Waals surface area contributed by atoms with E-state index in [0.717, 1.165) is 48.8 Å². The summed E-state index contributed by atoms with van der Waals surface area (Å²) in [6, 6.07) is 14.1. The second-order valence-corrected chi connectivity index (χ2v) is 10.4. The molecule has 0 saturated heterocycles. The van der Waals surface area contributed by atoms with Crippen molar-refractivity contribution < 1.29 is 17.6 Å². The summed E-state index contributed by atoms with van der Waals surface area (Å²) in [5.74, 6) is -1.43. The molecule has 0 radical (unpaired) electrons. The third-order valence-corrected chi connectivity index (χ3v) is 7.71. The highest BCUT2D eigenvalue weighted by molar-refractivity contribution is 7.89. The van der Waals surface area contributed by atoms with E-state index in [-0.39, 0.29) is 0 Å². The molecule has 0 saturated carbocycles. The topological polar surface area (TPSA) is 91.4 Å². The number of aromatic nitrogens is 1. The van der Waals surface area contributed by atoms with Crippen molar-refractivity contribution >= 4 is 32.4 Å². The van der Waals surface area contributed by atoms with Gasteiger partial charge in [-0.2, -0.15) is 4.72 Å². The van der Waals surface area contributed by atoms with Gasteiger partial charge in [0.2, 0.25) is 15.9 Å². The molecule has 2 aromatic carbocycles. The summed E-state index contributed by atoms with van der Waals surface area (Å²) in [5.41, 5.74) is 2.19. The molecule has 168 valence electrons. The molecule has 32 heavy (non-hydrogen) atoms. The van der Waals surface area contributed by atoms with Gasteiger partial charge in [-0.15, -0.1) is 11.3 Å². The number of nitrogens with one attached hydrogen (secondary N) is 2. The van der Waals surface area contributed by atoms with Crippen molar-refractivity contribution in [2.45, 2.75) is 37.4 Å². The van der Waals surface area contributed by atoms with Gasteiger partial charge in [-0.1, -0.05) is 42.5 Å². The number of benzene rings is 2. The maximum absolute atomic E-state index is 13.9. The Morgan fingerprint density at radius 2 is 1.91 bits per heavy atom. The molecule has 0 unspecified atom stereocenters. The van der Waals surface area contributed by atoms with E-state index in [2.05, 4.69) is 32.1 Å². The first-order chi connectivity index (χ1) is 15.3. The molecule has 2 N–H and O–H groups in total. The molecule has 3 aromatic rings. The summed E-state index contributed by atoms with van der Waals surface area (Å²) in [6.07, 6.45) is 0.782. The zero-order chi connectivity index (χ0) is 22.7. The highest BCUT2D eigenvalue weighted by Gasteiger charge is 2.26. The van der Waals surface area contributed by atoms with Crippen LogP contribution in [0.3, 0.4) is 0 Å². The minimum atomic E-state index is -4.18. The summed E-state index contributed by atoms with van der Waals surface area (Å²) in [5, 5.41) is 3.11. The first-order valence-electron chi connectivity index (χ1n) is 10.1. The Balaban J connectivity index is 1.38. The summed E-state index contributed by atoms with van der Waals surface area (Å²) in [4.78, 5) is 20.0. The molecule has 0 bridgehead atoms. The number of halogens is 1. The van der Waals surface area contributed by atoms with Gasteiger partial charge in [0.05, 0.1) is 11.7 Å². The van der Waals surface area contributed by atoms with Crippen molar-refractivity contribution in [3.8, 4) is 0 Å². The minimum absolute atomic E-state index is 0.429. The summed E-state index contributed by atoms with van der Waals surface area (Å²) in [6.45, 7) is 3.86. The van der Waals surface area contributed by atoms with Crippen LogP contribution in [0.2, 0.25) is 0 Å². The van der Waals surface area contributed by atoms with Crippen LogP contribution in [-0.2, 0) is 34.3 Å². The monoisotopic (exact) mass is 474 g/mol. The molecule has 1 atom stereocenters. The molecule has 1 aliphatic heterocycles. The van der Waals surface area contributed by atoms with E-state index in [4.69, 9.17) is 0 Å². The molecule has 1 aliphatic rings. The van der Waals surface area contributed by atoms with Gasteiger partial charge in [0, 0.05) is 30.9 Å². The van der Waals surface area contributed by atoms with Crippen LogP contribution >= 0.6 is 11.3 Å². The lowest BCUT2D eigenvalue weighted by Crippen LogP contribution is -2.41. The summed E-state index contributed by atoms with van der Waals surface area (Å²) >= 11 is 1.39. The molecule has 1 amide bonds. The van der Waals surface area contributed by atoms with Crippen LogP contribution in [-0.4, -0.2) is 36.8 Å². The first kappa shape index (κ1) is 22.5. The van der Waals surface area contributed by atoms with E-state index in [1.165, 1.54) is 36.0 Å². The van der Waals surface area contributed by atoms with Gasteiger partial charge in [0.25, 0.3) is 0 Å². The number of sulfonamides is 1. The minimum Gasteiger partial charge on any atom is -0.301 e. The predicted molar refractivity (Wildman–Crippen MR) is 121 cm³/mol. The lowest BCUT2D eigenvalue weighted by atomic mass is 10.1. The van der Waals surface area contributed by atoms with Gasteiger partial charge in [0.1, 0.15) is 10.7 Å². The number of hydrogen-bond acceptors (Lipinski definition) is 6. The van der Waals surface area contributed by atoms with E-state index in [1.54, 1.807) is 0 Å². The maximum Gasteiger partial charge on any atom is 0.244 e. The molecule has 1 aromatic heterocycles. The third-order valence-electron chi connectivity index (χ3n) is 5.14. The van der Waals surface area contributed by atoms with E-state index in [1.807, 2.05) is 18.2 Å². The van der Waals surface area contributed by atoms with Gasteiger partial charge >= 0.3 is 0 Å². The number of hydrogen-bond donors (Lipinski definition) is 2. The fourth-order valence-electron chi connectivity index (χ4n) is 3.50. The average Bonchev–Trinajstić information content (AvgIpc) is 3.15. The molecule has 7 nitrogen and oxygen atoms in total. The number of amides is 1. The lowest BCUT2D eigenvalue weighted by Gasteiger charge is -2.25. The van der Waals surface area contributed by atoms with Crippen LogP contribution in [0.1, 0.15) is 23.1 Å². The average molecular weight is 475 g/mol. The number of nitrogens with zero attached hydrogens (tertiary/aromatic N) is 2.